The zero-order valence-electron chi connectivity index (χ0n) is 11.9. The van der Waals surface area contributed by atoms with Gasteiger partial charge >= 0.3 is 5.97 Å². The third kappa shape index (κ3) is 4.15. The number of benzene rings is 2. The number of carboxylic acid groups (broad SMARTS) is 1. The molecule has 3 N–H and O–H groups in total. The molecule has 4 nitrogen and oxygen atoms in total. The Labute approximate surface area is 124 Å². The van der Waals surface area contributed by atoms with Gasteiger partial charge in [0.05, 0.1) is 6.10 Å². The summed E-state index contributed by atoms with van der Waals surface area (Å²) in [6, 6.07) is 16.9. The van der Waals surface area contributed by atoms with Crippen LogP contribution in [0.5, 0.6) is 0 Å². The van der Waals surface area contributed by atoms with Gasteiger partial charge in [-0.25, -0.2) is 0 Å². The number of nitrogens with one attached hydrogen (secondary N) is 1. The van der Waals surface area contributed by atoms with Gasteiger partial charge in [-0.3, -0.25) is 4.79 Å². The first-order chi connectivity index (χ1) is 10.1. The van der Waals surface area contributed by atoms with Gasteiger partial charge in [-0.1, -0.05) is 54.6 Å². The average Bonchev–Trinajstić information content (AvgIpc) is 2.53. The molecule has 4 heteroatoms. The lowest BCUT2D eigenvalue weighted by Gasteiger charge is -2.15. The van der Waals surface area contributed by atoms with Crippen LogP contribution in [0.25, 0.3) is 11.1 Å². The van der Waals surface area contributed by atoms with Crippen LogP contribution in [-0.2, 0) is 4.79 Å². The van der Waals surface area contributed by atoms with Crippen molar-refractivity contribution in [2.24, 2.45) is 0 Å². The second kappa shape index (κ2) is 7.02. The van der Waals surface area contributed by atoms with Crippen LogP contribution in [0, 0.1) is 0 Å². The van der Waals surface area contributed by atoms with Crippen molar-refractivity contribution in [3.05, 3.63) is 60.2 Å². The first-order valence-corrected chi connectivity index (χ1v) is 6.87. The van der Waals surface area contributed by atoms with E-state index < -0.39 is 18.1 Å². The highest BCUT2D eigenvalue weighted by atomic mass is 16.4. The summed E-state index contributed by atoms with van der Waals surface area (Å²) in [4.78, 5) is 10.7. The standard InChI is InChI=1S/C17H19NO3/c1-12(17(20)21)18-11-16(19)15-9-7-14(8-10-15)13-5-3-2-4-6-13/h2-10,12,16,18-19H,11H2,1H3,(H,20,21). The van der Waals surface area contributed by atoms with Crippen LogP contribution in [0.3, 0.4) is 0 Å². The number of carbonyl (C=O) groups is 1. The summed E-state index contributed by atoms with van der Waals surface area (Å²) < 4.78 is 0. The number of aliphatic hydroxyl groups is 1. The lowest BCUT2D eigenvalue weighted by atomic mass is 10.0. The van der Waals surface area contributed by atoms with Crippen molar-refractivity contribution in [3.63, 3.8) is 0 Å². The van der Waals surface area contributed by atoms with E-state index >= 15 is 0 Å². The molecule has 0 heterocycles. The van der Waals surface area contributed by atoms with Gasteiger partial charge in [0, 0.05) is 6.54 Å². The van der Waals surface area contributed by atoms with Crippen molar-refractivity contribution >= 4 is 5.97 Å². The van der Waals surface area contributed by atoms with Crippen molar-refractivity contribution in [2.75, 3.05) is 6.54 Å². The number of aliphatic hydroxyl groups excluding tert-OH is 1. The van der Waals surface area contributed by atoms with Crippen molar-refractivity contribution in [3.8, 4) is 11.1 Å². The van der Waals surface area contributed by atoms with Gasteiger partial charge in [-0.05, 0) is 23.6 Å². The lowest BCUT2D eigenvalue weighted by Crippen LogP contribution is -2.36. The quantitative estimate of drug-likeness (QED) is 0.762. The molecule has 2 aromatic rings. The fourth-order valence-electron chi connectivity index (χ4n) is 2.02. The molecule has 2 aromatic carbocycles. The average molecular weight is 285 g/mol. The van der Waals surface area contributed by atoms with E-state index in [1.807, 2.05) is 54.6 Å². The van der Waals surface area contributed by atoms with Crippen molar-refractivity contribution in [1.29, 1.82) is 0 Å². The van der Waals surface area contributed by atoms with Crippen LogP contribution in [0.15, 0.2) is 54.6 Å². The van der Waals surface area contributed by atoms with E-state index in [0.717, 1.165) is 16.7 Å². The number of carboxylic acids is 1. The van der Waals surface area contributed by atoms with Gasteiger partial charge in [-0.2, -0.15) is 0 Å². The number of rotatable bonds is 6. The Hall–Kier alpha value is -2.17. The Morgan fingerprint density at radius 2 is 1.62 bits per heavy atom. The minimum atomic E-state index is -0.929. The third-order valence-electron chi connectivity index (χ3n) is 3.39. The summed E-state index contributed by atoms with van der Waals surface area (Å²) in [6.07, 6.45) is -0.725. The molecule has 0 aliphatic rings. The molecule has 0 bridgehead atoms. The minimum Gasteiger partial charge on any atom is -0.480 e. The van der Waals surface area contributed by atoms with E-state index in [0.29, 0.717) is 0 Å². The van der Waals surface area contributed by atoms with Crippen molar-refractivity contribution in [1.82, 2.24) is 5.32 Å². The predicted molar refractivity (Wildman–Crippen MR) is 81.9 cm³/mol. The molecule has 0 radical (unpaired) electrons. The summed E-state index contributed by atoms with van der Waals surface area (Å²) in [6.45, 7) is 1.76. The fraction of sp³-hybridized carbons (Fsp3) is 0.235. The molecule has 2 rings (SSSR count). The largest absolute Gasteiger partial charge is 0.480 e. The zero-order chi connectivity index (χ0) is 15.2. The molecule has 0 aliphatic heterocycles. The second-order valence-corrected chi connectivity index (χ2v) is 4.97. The Kier molecular flexibility index (Phi) is 5.09. The highest BCUT2D eigenvalue weighted by molar-refractivity contribution is 5.72. The molecular formula is C17H19NO3. The van der Waals surface area contributed by atoms with Gasteiger partial charge in [0.25, 0.3) is 0 Å². The van der Waals surface area contributed by atoms with E-state index in [9.17, 15) is 9.90 Å². The van der Waals surface area contributed by atoms with E-state index in [1.54, 1.807) is 6.92 Å². The van der Waals surface area contributed by atoms with Crippen LogP contribution in [-0.4, -0.2) is 28.8 Å². The molecule has 0 saturated carbocycles. The first-order valence-electron chi connectivity index (χ1n) is 6.87. The molecular weight excluding hydrogens is 266 g/mol. The summed E-state index contributed by atoms with van der Waals surface area (Å²) >= 11 is 0. The molecule has 110 valence electrons. The van der Waals surface area contributed by atoms with Crippen LogP contribution < -0.4 is 5.32 Å². The maximum absolute atomic E-state index is 10.7. The van der Waals surface area contributed by atoms with Crippen molar-refractivity contribution < 1.29 is 15.0 Å². The summed E-state index contributed by atoms with van der Waals surface area (Å²) in [7, 11) is 0. The van der Waals surface area contributed by atoms with Crippen LogP contribution >= 0.6 is 0 Å². The molecule has 0 aliphatic carbocycles. The lowest BCUT2D eigenvalue weighted by molar-refractivity contribution is -0.139. The molecule has 2 unspecified atom stereocenters. The maximum atomic E-state index is 10.7. The Morgan fingerprint density at radius 1 is 1.05 bits per heavy atom. The molecule has 2 atom stereocenters. The fourth-order valence-corrected chi connectivity index (χ4v) is 2.02. The second-order valence-electron chi connectivity index (χ2n) is 4.97. The number of hydrogen-bond donors (Lipinski definition) is 3. The van der Waals surface area contributed by atoms with E-state index in [4.69, 9.17) is 5.11 Å². The normalized spacial score (nSPS) is 13.6. The van der Waals surface area contributed by atoms with E-state index in [-0.39, 0.29) is 6.54 Å². The van der Waals surface area contributed by atoms with Gasteiger partial charge in [0.1, 0.15) is 6.04 Å². The Morgan fingerprint density at radius 3 is 2.19 bits per heavy atom. The highest BCUT2D eigenvalue weighted by Gasteiger charge is 2.13. The van der Waals surface area contributed by atoms with E-state index in [1.165, 1.54) is 0 Å². The molecule has 0 amide bonds. The SMILES string of the molecule is CC(NCC(O)c1ccc(-c2ccccc2)cc1)C(=O)O. The van der Waals surface area contributed by atoms with Crippen LogP contribution in [0.1, 0.15) is 18.6 Å². The zero-order valence-corrected chi connectivity index (χ0v) is 11.9. The maximum Gasteiger partial charge on any atom is 0.320 e. The molecule has 0 spiro atoms. The first kappa shape index (κ1) is 15.2. The smallest absolute Gasteiger partial charge is 0.320 e. The predicted octanol–water partition coefficient (Wildman–Crippen LogP) is 2.45. The summed E-state index contributed by atoms with van der Waals surface area (Å²) in [5.74, 6) is -0.929. The third-order valence-corrected chi connectivity index (χ3v) is 3.39. The van der Waals surface area contributed by atoms with Crippen molar-refractivity contribution in [2.45, 2.75) is 19.1 Å². The molecule has 21 heavy (non-hydrogen) atoms. The summed E-state index contributed by atoms with van der Waals surface area (Å²) in [5.41, 5.74) is 2.97. The van der Waals surface area contributed by atoms with Gasteiger partial charge in [-0.15, -0.1) is 0 Å². The van der Waals surface area contributed by atoms with Gasteiger partial charge < -0.3 is 15.5 Å². The van der Waals surface area contributed by atoms with Gasteiger partial charge in [0.2, 0.25) is 0 Å². The number of aliphatic carboxylic acids is 1. The monoisotopic (exact) mass is 285 g/mol. The summed E-state index contributed by atoms with van der Waals surface area (Å²) in [5, 5.41) is 21.6. The molecule has 0 fully saturated rings. The topological polar surface area (TPSA) is 69.6 Å². The minimum absolute atomic E-state index is 0.206. The van der Waals surface area contributed by atoms with Crippen LogP contribution in [0.4, 0.5) is 0 Å². The van der Waals surface area contributed by atoms with Crippen LogP contribution in [0.2, 0.25) is 0 Å². The number of hydrogen-bond acceptors (Lipinski definition) is 3. The Balaban J connectivity index is 2.00. The van der Waals surface area contributed by atoms with Gasteiger partial charge in [0.15, 0.2) is 0 Å². The Bertz CT molecular complexity index is 581. The van der Waals surface area contributed by atoms with E-state index in [2.05, 4.69) is 5.32 Å². The molecule has 0 aromatic heterocycles. The highest BCUT2D eigenvalue weighted by Crippen LogP contribution is 2.21. The molecule has 0 saturated heterocycles.